The van der Waals surface area contributed by atoms with E-state index in [1.54, 1.807) is 23.5 Å². The van der Waals surface area contributed by atoms with Crippen molar-refractivity contribution in [3.63, 3.8) is 0 Å². The molecule has 0 radical (unpaired) electrons. The molecule has 0 bridgehead atoms. The van der Waals surface area contributed by atoms with Gasteiger partial charge in [0.15, 0.2) is 0 Å². The number of nitrogens with one attached hydrogen (secondary N) is 1. The average Bonchev–Trinajstić information content (AvgIpc) is 3.48. The topological polar surface area (TPSA) is 54.0 Å². The Kier molecular flexibility index (Phi) is 5.01. The van der Waals surface area contributed by atoms with E-state index in [0.29, 0.717) is 0 Å². The first-order valence-electron chi connectivity index (χ1n) is 9.32. The number of aromatic nitrogens is 3. The maximum absolute atomic E-state index is 5.63. The zero-order valence-electron chi connectivity index (χ0n) is 15.2. The van der Waals surface area contributed by atoms with Crippen LogP contribution in [-0.2, 0) is 12.8 Å². The first-order valence-corrected chi connectivity index (χ1v) is 11.2. The van der Waals surface area contributed by atoms with E-state index in [9.17, 15) is 0 Å². The zero-order valence-corrected chi connectivity index (χ0v) is 16.9. The molecule has 5 nitrogen and oxygen atoms in total. The summed E-state index contributed by atoms with van der Waals surface area (Å²) in [6.45, 7) is 0.782. The summed E-state index contributed by atoms with van der Waals surface area (Å²) in [5, 5.41) is 10.6. The third-order valence-electron chi connectivity index (χ3n) is 4.84. The number of aryl methyl sites for hydroxylation is 1. The van der Waals surface area contributed by atoms with Crippen LogP contribution >= 0.6 is 23.5 Å². The lowest BCUT2D eigenvalue weighted by Crippen LogP contribution is -2.18. The lowest BCUT2D eigenvalue weighted by atomic mass is 10.1. The number of nitrogens with zero attached hydrogens (tertiary/aromatic N) is 3. The van der Waals surface area contributed by atoms with E-state index in [1.807, 2.05) is 6.07 Å². The van der Waals surface area contributed by atoms with Crippen LogP contribution in [0, 0.1) is 0 Å². The third-order valence-corrected chi connectivity index (χ3v) is 6.73. The van der Waals surface area contributed by atoms with Gasteiger partial charge >= 0.3 is 0 Å². The number of benzene rings is 2. The van der Waals surface area contributed by atoms with Gasteiger partial charge < -0.3 is 9.64 Å². The molecular formula is C21H20N4OS2. The summed E-state index contributed by atoms with van der Waals surface area (Å²) in [5.74, 6) is 2.76. The fraction of sp³-hybridized carbons (Fsp3) is 0.238. The molecule has 2 aliphatic heterocycles. The van der Waals surface area contributed by atoms with Gasteiger partial charge in [-0.25, -0.2) is 5.10 Å². The van der Waals surface area contributed by atoms with Crippen molar-refractivity contribution < 1.29 is 4.74 Å². The minimum Gasteiger partial charge on any atom is -0.493 e. The number of aromatic amines is 1. The Balaban J connectivity index is 1.26. The lowest BCUT2D eigenvalue weighted by Gasteiger charge is -2.22. The summed E-state index contributed by atoms with van der Waals surface area (Å²) in [6, 6.07) is 17.0. The predicted octanol–water partition coefficient (Wildman–Crippen LogP) is 4.80. The van der Waals surface area contributed by atoms with Crippen LogP contribution in [0.2, 0.25) is 0 Å². The quantitative estimate of drug-likeness (QED) is 0.592. The van der Waals surface area contributed by atoms with Crippen molar-refractivity contribution in [2.24, 2.45) is 0 Å². The second kappa shape index (κ2) is 7.93. The molecule has 28 heavy (non-hydrogen) atoms. The van der Waals surface area contributed by atoms with Crippen molar-refractivity contribution in [2.75, 3.05) is 17.3 Å². The number of rotatable bonds is 6. The molecule has 0 spiro atoms. The van der Waals surface area contributed by atoms with Gasteiger partial charge in [0.2, 0.25) is 11.1 Å². The molecule has 1 atom stereocenters. The van der Waals surface area contributed by atoms with Crippen LogP contribution in [0.15, 0.2) is 65.3 Å². The average molecular weight is 409 g/mol. The van der Waals surface area contributed by atoms with Gasteiger partial charge in [-0.1, -0.05) is 48.2 Å². The van der Waals surface area contributed by atoms with Gasteiger partial charge in [-0.3, -0.25) is 0 Å². The van der Waals surface area contributed by atoms with E-state index < -0.39 is 0 Å². The Morgan fingerprint density at radius 2 is 2.14 bits per heavy atom. The van der Waals surface area contributed by atoms with Crippen molar-refractivity contribution in [3.05, 3.63) is 76.8 Å². The van der Waals surface area contributed by atoms with Crippen LogP contribution in [0.25, 0.3) is 0 Å². The molecule has 0 aliphatic carbocycles. The van der Waals surface area contributed by atoms with E-state index in [2.05, 4.69) is 69.2 Å². The molecule has 0 saturated carbocycles. The minimum atomic E-state index is 0.168. The van der Waals surface area contributed by atoms with Crippen LogP contribution in [0.3, 0.4) is 0 Å². The maximum atomic E-state index is 5.63. The van der Waals surface area contributed by atoms with Gasteiger partial charge in [-0.05, 0) is 40.7 Å². The number of H-pyrrole nitrogens is 1. The van der Waals surface area contributed by atoms with Gasteiger partial charge in [0, 0.05) is 18.4 Å². The van der Waals surface area contributed by atoms with Crippen LogP contribution < -0.4 is 9.64 Å². The second-order valence-corrected chi connectivity index (χ2v) is 8.73. The third kappa shape index (κ3) is 3.64. The normalized spacial score (nSPS) is 17.7. The van der Waals surface area contributed by atoms with Crippen LogP contribution in [0.4, 0.5) is 5.95 Å². The number of anilines is 1. The predicted molar refractivity (Wildman–Crippen MR) is 115 cm³/mol. The largest absolute Gasteiger partial charge is 0.493 e. The highest BCUT2D eigenvalue weighted by molar-refractivity contribution is 8.02. The molecule has 7 heteroatoms. The molecule has 3 aromatic rings. The second-order valence-electron chi connectivity index (χ2n) is 6.67. The molecule has 3 heterocycles. The molecule has 0 saturated heterocycles. The van der Waals surface area contributed by atoms with Crippen molar-refractivity contribution in [1.29, 1.82) is 0 Å². The minimum absolute atomic E-state index is 0.168. The highest BCUT2D eigenvalue weighted by Gasteiger charge is 2.27. The Labute approximate surface area is 172 Å². The smallest absolute Gasteiger partial charge is 0.227 e. The Hall–Kier alpha value is -2.38. The highest BCUT2D eigenvalue weighted by Crippen LogP contribution is 2.42. The van der Waals surface area contributed by atoms with Gasteiger partial charge in [-0.2, -0.15) is 4.98 Å². The summed E-state index contributed by atoms with van der Waals surface area (Å²) in [7, 11) is 0. The highest BCUT2D eigenvalue weighted by atomic mass is 32.2. The maximum Gasteiger partial charge on any atom is 0.227 e. The van der Waals surface area contributed by atoms with Crippen molar-refractivity contribution in [2.45, 2.75) is 23.4 Å². The summed E-state index contributed by atoms with van der Waals surface area (Å²) in [4.78, 5) is 6.85. The van der Waals surface area contributed by atoms with E-state index >= 15 is 0 Å². The summed E-state index contributed by atoms with van der Waals surface area (Å²) >= 11 is 3.46. The number of hydrogen-bond acceptors (Lipinski definition) is 6. The first kappa shape index (κ1) is 17.7. The van der Waals surface area contributed by atoms with E-state index in [4.69, 9.17) is 9.72 Å². The van der Waals surface area contributed by atoms with E-state index in [1.165, 1.54) is 16.7 Å². The summed E-state index contributed by atoms with van der Waals surface area (Å²) in [6.07, 6.45) is 4.06. The SMILES string of the molecule is C1=CN(c2nc(SCCc3ccccc3)n[nH]2)C(c2ccc3c(c2)CCO3)S1. The van der Waals surface area contributed by atoms with Crippen molar-refractivity contribution in [3.8, 4) is 5.75 Å². The van der Waals surface area contributed by atoms with Gasteiger partial charge in [-0.15, -0.1) is 16.9 Å². The van der Waals surface area contributed by atoms with Crippen molar-refractivity contribution >= 4 is 29.5 Å². The number of fused-ring (bicyclic) bond motifs is 1. The zero-order chi connectivity index (χ0) is 18.8. The molecule has 0 amide bonds. The Morgan fingerprint density at radius 3 is 3.07 bits per heavy atom. The molecule has 1 N–H and O–H groups in total. The molecule has 5 rings (SSSR count). The molecule has 2 aromatic carbocycles. The monoisotopic (exact) mass is 408 g/mol. The summed E-state index contributed by atoms with van der Waals surface area (Å²) < 4.78 is 5.63. The molecule has 0 fully saturated rings. The summed E-state index contributed by atoms with van der Waals surface area (Å²) in [5.41, 5.74) is 3.89. The van der Waals surface area contributed by atoms with Crippen LogP contribution in [0.5, 0.6) is 5.75 Å². The van der Waals surface area contributed by atoms with E-state index in [-0.39, 0.29) is 5.37 Å². The Morgan fingerprint density at radius 1 is 1.21 bits per heavy atom. The van der Waals surface area contributed by atoms with Gasteiger partial charge in [0.05, 0.1) is 6.61 Å². The number of thioether (sulfide) groups is 2. The Bertz CT molecular complexity index is 989. The van der Waals surface area contributed by atoms with E-state index in [0.717, 1.165) is 42.1 Å². The fourth-order valence-corrected chi connectivity index (χ4v) is 5.16. The van der Waals surface area contributed by atoms with Gasteiger partial charge in [0.25, 0.3) is 0 Å². The van der Waals surface area contributed by atoms with Crippen LogP contribution in [0.1, 0.15) is 22.1 Å². The number of ether oxygens (including phenoxy) is 1. The van der Waals surface area contributed by atoms with Crippen LogP contribution in [-0.4, -0.2) is 27.5 Å². The van der Waals surface area contributed by atoms with Crippen molar-refractivity contribution in [1.82, 2.24) is 15.2 Å². The number of hydrogen-bond donors (Lipinski definition) is 1. The fourth-order valence-electron chi connectivity index (χ4n) is 3.42. The first-order chi connectivity index (χ1) is 13.9. The standard InChI is InChI=1S/C21H20N4OS2/c1-2-4-15(5-3-1)9-12-28-21-22-20(23-24-21)25-10-13-27-19(25)17-6-7-18-16(14-17)8-11-26-18/h1-7,10,13-14,19H,8-9,11-12H2,(H,22,23,24). The lowest BCUT2D eigenvalue weighted by molar-refractivity contribution is 0.357. The molecule has 2 aliphatic rings. The molecular weight excluding hydrogens is 388 g/mol. The molecule has 1 aromatic heterocycles. The molecule has 1 unspecified atom stereocenters. The van der Waals surface area contributed by atoms with Gasteiger partial charge in [0.1, 0.15) is 11.1 Å². The molecule has 142 valence electrons.